The highest BCUT2D eigenvalue weighted by Crippen LogP contribution is 2.24. The first-order valence-corrected chi connectivity index (χ1v) is 8.74. The van der Waals surface area contributed by atoms with Gasteiger partial charge in [0.15, 0.2) is 5.69 Å². The van der Waals surface area contributed by atoms with Crippen LogP contribution in [0.5, 0.6) is 0 Å². The van der Waals surface area contributed by atoms with Crippen LogP contribution >= 0.6 is 0 Å². The molecule has 2 N–H and O–H groups in total. The SMILES string of the molecule is Cc1cc(C(=O)NCCNC(=O)C(c2ccccc2)c2ccccc2)no1. The van der Waals surface area contributed by atoms with Crippen molar-refractivity contribution in [2.45, 2.75) is 12.8 Å². The topological polar surface area (TPSA) is 84.2 Å². The molecule has 27 heavy (non-hydrogen) atoms. The maximum absolute atomic E-state index is 12.8. The lowest BCUT2D eigenvalue weighted by Crippen LogP contribution is -2.37. The van der Waals surface area contributed by atoms with Crippen LogP contribution in [0, 0.1) is 6.92 Å². The molecule has 0 atom stereocenters. The summed E-state index contributed by atoms with van der Waals surface area (Å²) in [6.45, 7) is 2.33. The first-order valence-electron chi connectivity index (χ1n) is 8.74. The number of hydrogen-bond acceptors (Lipinski definition) is 4. The Morgan fingerprint density at radius 1 is 0.926 bits per heavy atom. The van der Waals surface area contributed by atoms with Gasteiger partial charge in [-0.3, -0.25) is 9.59 Å². The molecule has 6 heteroatoms. The molecular formula is C21H21N3O3. The van der Waals surface area contributed by atoms with Gasteiger partial charge in [0.25, 0.3) is 5.91 Å². The van der Waals surface area contributed by atoms with Crippen LogP contribution in [0.2, 0.25) is 0 Å². The molecule has 0 aliphatic rings. The molecule has 2 amide bonds. The third-order valence-electron chi connectivity index (χ3n) is 4.10. The molecule has 1 aromatic heterocycles. The van der Waals surface area contributed by atoms with Crippen molar-refractivity contribution >= 4 is 11.8 Å². The molecule has 3 aromatic rings. The van der Waals surface area contributed by atoms with E-state index >= 15 is 0 Å². The van der Waals surface area contributed by atoms with E-state index in [-0.39, 0.29) is 17.5 Å². The fraction of sp³-hybridized carbons (Fsp3) is 0.190. The van der Waals surface area contributed by atoms with Crippen molar-refractivity contribution in [2.24, 2.45) is 0 Å². The van der Waals surface area contributed by atoms with E-state index in [4.69, 9.17) is 4.52 Å². The molecule has 0 aliphatic heterocycles. The predicted molar refractivity (Wildman–Crippen MR) is 101 cm³/mol. The Morgan fingerprint density at radius 2 is 1.48 bits per heavy atom. The lowest BCUT2D eigenvalue weighted by molar-refractivity contribution is -0.121. The van der Waals surface area contributed by atoms with Crippen molar-refractivity contribution in [3.63, 3.8) is 0 Å². The Bertz CT molecular complexity index is 852. The summed E-state index contributed by atoms with van der Waals surface area (Å²) in [6, 6.07) is 20.8. The lowest BCUT2D eigenvalue weighted by atomic mass is 9.90. The van der Waals surface area contributed by atoms with E-state index in [1.807, 2.05) is 60.7 Å². The molecule has 3 rings (SSSR count). The minimum Gasteiger partial charge on any atom is -0.361 e. The van der Waals surface area contributed by atoms with E-state index in [1.165, 1.54) is 0 Å². The van der Waals surface area contributed by atoms with Crippen LogP contribution in [-0.2, 0) is 4.79 Å². The van der Waals surface area contributed by atoms with Gasteiger partial charge in [0.2, 0.25) is 5.91 Å². The Morgan fingerprint density at radius 3 is 2.00 bits per heavy atom. The molecule has 6 nitrogen and oxygen atoms in total. The molecule has 0 saturated carbocycles. The van der Waals surface area contributed by atoms with Crippen molar-refractivity contribution in [3.8, 4) is 0 Å². The van der Waals surface area contributed by atoms with Crippen LogP contribution in [0.3, 0.4) is 0 Å². The molecule has 138 valence electrons. The van der Waals surface area contributed by atoms with Crippen LogP contribution < -0.4 is 10.6 Å². The number of amides is 2. The molecule has 0 aliphatic carbocycles. The zero-order chi connectivity index (χ0) is 19.1. The van der Waals surface area contributed by atoms with Crippen molar-refractivity contribution in [1.29, 1.82) is 0 Å². The maximum atomic E-state index is 12.8. The van der Waals surface area contributed by atoms with E-state index in [0.717, 1.165) is 11.1 Å². The van der Waals surface area contributed by atoms with Gasteiger partial charge < -0.3 is 15.2 Å². The van der Waals surface area contributed by atoms with Crippen LogP contribution in [-0.4, -0.2) is 30.1 Å². The number of nitrogens with zero attached hydrogens (tertiary/aromatic N) is 1. The maximum Gasteiger partial charge on any atom is 0.273 e. The fourth-order valence-corrected chi connectivity index (χ4v) is 2.81. The molecule has 0 radical (unpaired) electrons. The van der Waals surface area contributed by atoms with Gasteiger partial charge in [-0.15, -0.1) is 0 Å². The molecular weight excluding hydrogens is 342 g/mol. The average molecular weight is 363 g/mol. The Labute approximate surface area is 157 Å². The Kier molecular flexibility index (Phi) is 5.99. The number of carbonyl (C=O) groups excluding carboxylic acids is 2. The van der Waals surface area contributed by atoms with Crippen LogP contribution in [0.1, 0.15) is 33.3 Å². The summed E-state index contributed by atoms with van der Waals surface area (Å²) in [4.78, 5) is 24.7. The molecule has 0 saturated heterocycles. The predicted octanol–water partition coefficient (Wildman–Crippen LogP) is 2.66. The highest BCUT2D eigenvalue weighted by molar-refractivity contribution is 5.92. The van der Waals surface area contributed by atoms with Crippen LogP contribution in [0.15, 0.2) is 71.3 Å². The summed E-state index contributed by atoms with van der Waals surface area (Å²) in [5.74, 6) is -0.272. The Hall–Kier alpha value is -3.41. The number of aromatic nitrogens is 1. The quantitative estimate of drug-likeness (QED) is 0.632. The van der Waals surface area contributed by atoms with Crippen molar-refractivity contribution < 1.29 is 14.1 Å². The largest absolute Gasteiger partial charge is 0.361 e. The lowest BCUT2D eigenvalue weighted by Gasteiger charge is -2.18. The van der Waals surface area contributed by atoms with E-state index < -0.39 is 5.92 Å². The molecule has 0 fully saturated rings. The standard InChI is InChI=1S/C21H21N3O3/c1-15-14-18(24-27-15)20(25)22-12-13-23-21(26)19(16-8-4-2-5-9-16)17-10-6-3-7-11-17/h2-11,14,19H,12-13H2,1H3,(H,22,25)(H,23,26). The minimum absolute atomic E-state index is 0.112. The number of carbonyl (C=O) groups is 2. The normalized spacial score (nSPS) is 10.6. The van der Waals surface area contributed by atoms with E-state index in [1.54, 1.807) is 13.0 Å². The van der Waals surface area contributed by atoms with E-state index in [9.17, 15) is 9.59 Å². The van der Waals surface area contributed by atoms with Crippen molar-refractivity contribution in [2.75, 3.05) is 13.1 Å². The summed E-state index contributed by atoms with van der Waals surface area (Å²) in [5.41, 5.74) is 2.07. The van der Waals surface area contributed by atoms with E-state index in [0.29, 0.717) is 18.8 Å². The summed E-state index contributed by atoms with van der Waals surface area (Å²) in [5, 5.41) is 9.27. The molecule has 0 spiro atoms. The number of hydrogen-bond donors (Lipinski definition) is 2. The number of rotatable bonds is 7. The number of aryl methyl sites for hydroxylation is 1. The summed E-state index contributed by atoms with van der Waals surface area (Å²) < 4.78 is 4.88. The summed E-state index contributed by atoms with van der Waals surface area (Å²) >= 11 is 0. The summed E-state index contributed by atoms with van der Waals surface area (Å²) in [6.07, 6.45) is 0. The van der Waals surface area contributed by atoms with Gasteiger partial charge >= 0.3 is 0 Å². The van der Waals surface area contributed by atoms with Gasteiger partial charge in [-0.05, 0) is 18.1 Å². The monoisotopic (exact) mass is 363 g/mol. The zero-order valence-corrected chi connectivity index (χ0v) is 15.0. The van der Waals surface area contributed by atoms with Gasteiger partial charge in [-0.1, -0.05) is 65.8 Å². The number of nitrogens with one attached hydrogen (secondary N) is 2. The second-order valence-corrected chi connectivity index (χ2v) is 6.12. The smallest absolute Gasteiger partial charge is 0.273 e. The second-order valence-electron chi connectivity index (χ2n) is 6.12. The number of benzene rings is 2. The first-order chi connectivity index (χ1) is 13.1. The van der Waals surface area contributed by atoms with Crippen LogP contribution in [0.4, 0.5) is 0 Å². The van der Waals surface area contributed by atoms with Gasteiger partial charge in [-0.2, -0.15) is 0 Å². The third kappa shape index (κ3) is 4.82. The molecule has 0 bridgehead atoms. The minimum atomic E-state index is -0.402. The van der Waals surface area contributed by atoms with Gasteiger partial charge in [0, 0.05) is 19.2 Å². The van der Waals surface area contributed by atoms with Gasteiger partial charge in [0.1, 0.15) is 5.76 Å². The van der Waals surface area contributed by atoms with E-state index in [2.05, 4.69) is 15.8 Å². The van der Waals surface area contributed by atoms with Crippen molar-refractivity contribution in [1.82, 2.24) is 15.8 Å². The third-order valence-corrected chi connectivity index (χ3v) is 4.10. The summed E-state index contributed by atoms with van der Waals surface area (Å²) in [7, 11) is 0. The Balaban J connectivity index is 1.59. The van der Waals surface area contributed by atoms with Crippen molar-refractivity contribution in [3.05, 3.63) is 89.3 Å². The molecule has 2 aromatic carbocycles. The fourth-order valence-electron chi connectivity index (χ4n) is 2.81. The van der Waals surface area contributed by atoms with Gasteiger partial charge in [-0.25, -0.2) is 0 Å². The first kappa shape index (κ1) is 18.4. The highest BCUT2D eigenvalue weighted by Gasteiger charge is 2.22. The van der Waals surface area contributed by atoms with Gasteiger partial charge in [0.05, 0.1) is 5.92 Å². The average Bonchev–Trinajstić information content (AvgIpc) is 3.13. The molecule has 1 heterocycles. The highest BCUT2D eigenvalue weighted by atomic mass is 16.5. The molecule has 0 unspecified atom stereocenters. The second kappa shape index (κ2) is 8.80. The zero-order valence-electron chi connectivity index (χ0n) is 15.0. The van der Waals surface area contributed by atoms with Crippen LogP contribution in [0.25, 0.3) is 0 Å².